The zero-order chi connectivity index (χ0) is 22.0. The van der Waals surface area contributed by atoms with Crippen LogP contribution in [0.15, 0.2) is 78.9 Å². The first-order chi connectivity index (χ1) is 15.0. The predicted octanol–water partition coefficient (Wildman–Crippen LogP) is 4.79. The second-order valence-corrected chi connectivity index (χ2v) is 7.98. The Hall–Kier alpha value is -3.91. The predicted molar refractivity (Wildman–Crippen MR) is 118 cm³/mol. The van der Waals surface area contributed by atoms with Gasteiger partial charge in [0.05, 0.1) is 18.2 Å². The van der Waals surface area contributed by atoms with Crippen LogP contribution in [0.1, 0.15) is 44.7 Å². The number of nitrogens with one attached hydrogen (secondary N) is 2. The zero-order valence-corrected chi connectivity index (χ0v) is 17.4. The van der Waals surface area contributed by atoms with E-state index >= 15 is 0 Å². The summed E-state index contributed by atoms with van der Waals surface area (Å²) in [5.74, 6) is -0.334. The van der Waals surface area contributed by atoms with Gasteiger partial charge in [-0.25, -0.2) is 4.79 Å². The molecule has 3 aromatic rings. The zero-order valence-electron chi connectivity index (χ0n) is 17.4. The molecule has 3 atom stereocenters. The molecular formula is C26H23N3O2. The number of carbonyl (C=O) groups is 2. The topological polar surface area (TPSA) is 82.0 Å². The van der Waals surface area contributed by atoms with Crippen molar-refractivity contribution in [3.05, 3.63) is 107 Å². The fourth-order valence-electron chi connectivity index (χ4n) is 4.18. The van der Waals surface area contributed by atoms with Gasteiger partial charge in [0.15, 0.2) is 11.2 Å². The van der Waals surface area contributed by atoms with E-state index in [4.69, 9.17) is 0 Å². The van der Waals surface area contributed by atoms with Crippen LogP contribution in [0.5, 0.6) is 0 Å². The van der Waals surface area contributed by atoms with Gasteiger partial charge in [0.25, 0.3) is 0 Å². The van der Waals surface area contributed by atoms with Crippen LogP contribution >= 0.6 is 0 Å². The Kier molecular flexibility index (Phi) is 5.31. The number of rotatable bonds is 4. The van der Waals surface area contributed by atoms with Crippen LogP contribution in [0.25, 0.3) is 0 Å². The fourth-order valence-corrected chi connectivity index (χ4v) is 4.18. The number of benzene rings is 3. The third kappa shape index (κ3) is 3.57. The first-order valence-corrected chi connectivity index (χ1v) is 10.2. The van der Waals surface area contributed by atoms with Crippen molar-refractivity contribution in [2.45, 2.75) is 25.9 Å². The number of nitriles is 1. The second-order valence-electron chi connectivity index (χ2n) is 7.98. The maximum atomic E-state index is 13.9. The van der Waals surface area contributed by atoms with E-state index in [1.54, 1.807) is 24.3 Å². The number of ketones is 1. The molecule has 5 heteroatoms. The van der Waals surface area contributed by atoms with Gasteiger partial charge >= 0.3 is 6.03 Å². The molecular weight excluding hydrogens is 386 g/mol. The van der Waals surface area contributed by atoms with Crippen LogP contribution in [0.2, 0.25) is 0 Å². The van der Waals surface area contributed by atoms with Gasteiger partial charge in [-0.15, -0.1) is 0 Å². The molecule has 0 aromatic heterocycles. The van der Waals surface area contributed by atoms with Crippen molar-refractivity contribution in [1.29, 1.82) is 5.26 Å². The molecule has 1 fully saturated rings. The van der Waals surface area contributed by atoms with E-state index in [1.807, 2.05) is 68.4 Å². The molecule has 1 heterocycles. The molecule has 5 nitrogen and oxygen atoms in total. The van der Waals surface area contributed by atoms with Gasteiger partial charge in [0.1, 0.15) is 0 Å². The average Bonchev–Trinajstić information content (AvgIpc) is 2.80. The summed E-state index contributed by atoms with van der Waals surface area (Å²) in [5, 5.41) is 16.3. The van der Waals surface area contributed by atoms with Gasteiger partial charge in [-0.1, -0.05) is 90.0 Å². The number of nitrogens with zero attached hydrogens (tertiary/aromatic N) is 1. The lowest BCUT2D eigenvalue weighted by atomic mass is 9.65. The number of hydrogen-bond acceptors (Lipinski definition) is 3. The minimum absolute atomic E-state index is 0.334. The molecule has 1 aliphatic rings. The van der Waals surface area contributed by atoms with Gasteiger partial charge < -0.3 is 10.6 Å². The van der Waals surface area contributed by atoms with Crippen molar-refractivity contribution < 1.29 is 9.59 Å². The van der Waals surface area contributed by atoms with Crippen LogP contribution in [0, 0.1) is 30.6 Å². The molecule has 0 radical (unpaired) electrons. The Bertz CT molecular complexity index is 1090. The summed E-state index contributed by atoms with van der Waals surface area (Å²) in [5.41, 5.74) is 2.37. The maximum Gasteiger partial charge on any atom is 0.315 e. The van der Waals surface area contributed by atoms with Gasteiger partial charge in [-0.3, -0.25) is 4.79 Å². The summed E-state index contributed by atoms with van der Waals surface area (Å²) in [6.45, 7) is 3.93. The van der Waals surface area contributed by atoms with Crippen LogP contribution in [0.3, 0.4) is 0 Å². The van der Waals surface area contributed by atoms with Crippen LogP contribution < -0.4 is 10.6 Å². The Morgan fingerprint density at radius 1 is 0.806 bits per heavy atom. The quantitative estimate of drug-likeness (QED) is 0.608. The SMILES string of the molecule is Cc1ccc([C@H]2NC(=O)N[C@@H](c3ccc(C)cc3)C2(C#N)C(=O)c2ccccc2)cc1. The fraction of sp³-hybridized carbons (Fsp3) is 0.192. The highest BCUT2D eigenvalue weighted by molar-refractivity contribution is 6.05. The lowest BCUT2D eigenvalue weighted by Crippen LogP contribution is -2.60. The van der Waals surface area contributed by atoms with Crippen LogP contribution in [0.4, 0.5) is 4.79 Å². The molecule has 4 rings (SSSR count). The average molecular weight is 409 g/mol. The van der Waals surface area contributed by atoms with Crippen molar-refractivity contribution in [2.24, 2.45) is 5.41 Å². The molecule has 31 heavy (non-hydrogen) atoms. The lowest BCUT2D eigenvalue weighted by molar-refractivity contribution is 0.0708. The van der Waals surface area contributed by atoms with E-state index in [0.717, 1.165) is 11.1 Å². The summed E-state index contributed by atoms with van der Waals surface area (Å²) >= 11 is 0. The van der Waals surface area contributed by atoms with Gasteiger partial charge in [0, 0.05) is 5.56 Å². The van der Waals surface area contributed by atoms with E-state index in [0.29, 0.717) is 16.7 Å². The summed E-state index contributed by atoms with van der Waals surface area (Å²) in [6, 6.07) is 24.2. The number of urea groups is 1. The Labute approximate surface area is 181 Å². The standard InChI is InChI=1S/C26H23N3O2/c1-17-8-12-19(13-9-17)22-26(16-27,24(30)21-6-4-3-5-7-21)23(29-25(31)28-22)20-14-10-18(2)11-15-20/h3-15,22-23H,1-2H3,(H2,28,29,31)/t22-,23+,26?. The molecule has 0 saturated carbocycles. The maximum absolute atomic E-state index is 13.9. The number of Topliss-reactive ketones (excluding diaryl/α,β-unsaturated/α-hetero) is 1. The molecule has 1 saturated heterocycles. The van der Waals surface area contributed by atoms with E-state index in [-0.39, 0.29) is 5.78 Å². The number of hydrogen-bond donors (Lipinski definition) is 2. The highest BCUT2D eigenvalue weighted by Gasteiger charge is 2.57. The first-order valence-electron chi connectivity index (χ1n) is 10.2. The largest absolute Gasteiger partial charge is 0.329 e. The first kappa shape index (κ1) is 20.4. The molecule has 0 aliphatic carbocycles. The molecule has 1 unspecified atom stereocenters. The smallest absolute Gasteiger partial charge is 0.315 e. The van der Waals surface area contributed by atoms with Crippen molar-refractivity contribution in [1.82, 2.24) is 10.6 Å². The van der Waals surface area contributed by atoms with Gasteiger partial charge in [-0.2, -0.15) is 5.26 Å². The Morgan fingerprint density at radius 3 is 1.68 bits per heavy atom. The Balaban J connectivity index is 1.95. The second kappa shape index (κ2) is 8.08. The monoisotopic (exact) mass is 409 g/mol. The highest BCUT2D eigenvalue weighted by atomic mass is 16.2. The van der Waals surface area contributed by atoms with E-state index in [2.05, 4.69) is 16.7 Å². The van der Waals surface area contributed by atoms with Gasteiger partial charge in [0.2, 0.25) is 0 Å². The normalized spacial score (nSPS) is 22.7. The highest BCUT2D eigenvalue weighted by Crippen LogP contribution is 2.48. The Morgan fingerprint density at radius 2 is 1.26 bits per heavy atom. The lowest BCUT2D eigenvalue weighted by Gasteiger charge is -2.45. The summed E-state index contributed by atoms with van der Waals surface area (Å²) in [4.78, 5) is 26.6. The number of aryl methyl sites for hydroxylation is 2. The number of amides is 2. The molecule has 3 aromatic carbocycles. The van der Waals surface area contributed by atoms with E-state index in [1.165, 1.54) is 0 Å². The van der Waals surface area contributed by atoms with Crippen LogP contribution in [-0.2, 0) is 0 Å². The molecule has 0 spiro atoms. The number of carbonyl (C=O) groups excluding carboxylic acids is 2. The van der Waals surface area contributed by atoms with E-state index < -0.39 is 23.5 Å². The summed E-state index contributed by atoms with van der Waals surface area (Å²) in [7, 11) is 0. The van der Waals surface area contributed by atoms with Crippen molar-refractivity contribution in [3.63, 3.8) is 0 Å². The van der Waals surface area contributed by atoms with Crippen molar-refractivity contribution in [3.8, 4) is 6.07 Å². The molecule has 2 amide bonds. The third-order valence-electron chi connectivity index (χ3n) is 5.88. The van der Waals surface area contributed by atoms with Crippen LogP contribution in [-0.4, -0.2) is 11.8 Å². The minimum Gasteiger partial charge on any atom is -0.329 e. The van der Waals surface area contributed by atoms with Gasteiger partial charge in [-0.05, 0) is 25.0 Å². The summed E-state index contributed by atoms with van der Waals surface area (Å²) < 4.78 is 0. The summed E-state index contributed by atoms with van der Waals surface area (Å²) in [6.07, 6.45) is 0. The van der Waals surface area contributed by atoms with Crippen molar-refractivity contribution >= 4 is 11.8 Å². The third-order valence-corrected chi connectivity index (χ3v) is 5.88. The van der Waals surface area contributed by atoms with E-state index in [9.17, 15) is 14.9 Å². The molecule has 0 bridgehead atoms. The van der Waals surface area contributed by atoms with Crippen molar-refractivity contribution in [2.75, 3.05) is 0 Å². The minimum atomic E-state index is -1.58. The molecule has 154 valence electrons. The molecule has 2 N–H and O–H groups in total. The molecule has 1 aliphatic heterocycles.